The van der Waals surface area contributed by atoms with Gasteiger partial charge in [-0.3, -0.25) is 10.1 Å². The van der Waals surface area contributed by atoms with E-state index in [-0.39, 0.29) is 11.0 Å². The summed E-state index contributed by atoms with van der Waals surface area (Å²) in [5, 5.41) is 5.94. The fourth-order valence-corrected chi connectivity index (χ4v) is 3.20. The second-order valence-electron chi connectivity index (χ2n) is 5.69. The van der Waals surface area contributed by atoms with Crippen LogP contribution in [-0.4, -0.2) is 11.0 Å². The predicted octanol–water partition coefficient (Wildman–Crippen LogP) is 5.00. The predicted molar refractivity (Wildman–Crippen MR) is 120 cm³/mol. The monoisotopic (exact) mass is 488 g/mol. The van der Waals surface area contributed by atoms with Crippen molar-refractivity contribution in [2.75, 3.05) is 5.32 Å². The zero-order valence-electron chi connectivity index (χ0n) is 14.3. The smallest absolute Gasteiger partial charge is 0.258 e. The lowest BCUT2D eigenvalue weighted by atomic mass is 10.2. The van der Waals surface area contributed by atoms with E-state index in [1.807, 2.05) is 72.8 Å². The van der Waals surface area contributed by atoms with Gasteiger partial charge in [0.05, 0.1) is 5.56 Å². The van der Waals surface area contributed by atoms with Gasteiger partial charge in [-0.05, 0) is 76.8 Å². The molecule has 3 aromatic rings. The number of carbonyl (C=O) groups is 1. The highest BCUT2D eigenvalue weighted by molar-refractivity contribution is 14.1. The number of hydrogen-bond acceptors (Lipinski definition) is 3. The third-order valence-corrected chi connectivity index (χ3v) is 4.85. The van der Waals surface area contributed by atoms with E-state index >= 15 is 0 Å². The highest BCUT2D eigenvalue weighted by Crippen LogP contribution is 2.17. The van der Waals surface area contributed by atoms with Crippen molar-refractivity contribution in [2.24, 2.45) is 0 Å². The first kappa shape index (κ1) is 19.3. The van der Waals surface area contributed by atoms with E-state index in [0.717, 1.165) is 20.6 Å². The maximum atomic E-state index is 12.3. The van der Waals surface area contributed by atoms with E-state index in [9.17, 15) is 4.79 Å². The Bertz CT molecular complexity index is 930. The molecule has 1 amide bonds. The molecule has 0 spiro atoms. The maximum Gasteiger partial charge on any atom is 0.258 e. The largest absolute Gasteiger partial charge is 0.489 e. The lowest BCUT2D eigenvalue weighted by Gasteiger charge is -2.11. The summed E-state index contributed by atoms with van der Waals surface area (Å²) in [5.74, 6) is 0.526. The molecule has 0 bridgehead atoms. The number of benzene rings is 3. The Morgan fingerprint density at radius 3 is 2.30 bits per heavy atom. The number of rotatable bonds is 5. The van der Waals surface area contributed by atoms with Crippen molar-refractivity contribution in [1.29, 1.82) is 0 Å². The molecule has 0 aromatic heterocycles. The molecule has 3 aromatic carbocycles. The number of amides is 1. The van der Waals surface area contributed by atoms with E-state index < -0.39 is 0 Å². The second kappa shape index (κ2) is 9.48. The van der Waals surface area contributed by atoms with Gasteiger partial charge in [0, 0.05) is 9.26 Å². The zero-order chi connectivity index (χ0) is 19.1. The van der Waals surface area contributed by atoms with Gasteiger partial charge in [0.15, 0.2) is 5.11 Å². The molecule has 0 aliphatic carbocycles. The molecule has 0 saturated carbocycles. The summed E-state index contributed by atoms with van der Waals surface area (Å²) >= 11 is 7.35. The molecular weight excluding hydrogens is 471 g/mol. The number of ether oxygens (including phenoxy) is 1. The van der Waals surface area contributed by atoms with Crippen LogP contribution >= 0.6 is 34.8 Å². The molecule has 0 aliphatic heterocycles. The summed E-state index contributed by atoms with van der Waals surface area (Å²) in [7, 11) is 0. The minimum absolute atomic E-state index is 0.236. The molecule has 0 heterocycles. The van der Waals surface area contributed by atoms with Gasteiger partial charge < -0.3 is 10.1 Å². The first-order valence-electron chi connectivity index (χ1n) is 8.25. The number of hydrogen-bond donors (Lipinski definition) is 2. The molecule has 6 heteroatoms. The van der Waals surface area contributed by atoms with Gasteiger partial charge in [-0.25, -0.2) is 0 Å². The van der Waals surface area contributed by atoms with Gasteiger partial charge in [0.1, 0.15) is 12.4 Å². The van der Waals surface area contributed by atoms with Gasteiger partial charge >= 0.3 is 0 Å². The Labute approximate surface area is 177 Å². The van der Waals surface area contributed by atoms with Crippen molar-refractivity contribution in [1.82, 2.24) is 5.32 Å². The van der Waals surface area contributed by atoms with Crippen LogP contribution in [0.15, 0.2) is 78.9 Å². The van der Waals surface area contributed by atoms with Gasteiger partial charge in [0.25, 0.3) is 5.91 Å². The lowest BCUT2D eigenvalue weighted by Crippen LogP contribution is -2.34. The average molecular weight is 488 g/mol. The number of thiocarbonyl (C=S) groups is 1. The number of carbonyl (C=O) groups excluding carboxylic acids is 1. The average Bonchev–Trinajstić information content (AvgIpc) is 2.68. The van der Waals surface area contributed by atoms with Crippen molar-refractivity contribution in [2.45, 2.75) is 6.61 Å². The highest BCUT2D eigenvalue weighted by atomic mass is 127. The molecule has 0 aliphatic rings. The van der Waals surface area contributed by atoms with E-state index in [4.69, 9.17) is 17.0 Å². The van der Waals surface area contributed by atoms with Crippen molar-refractivity contribution >= 4 is 51.5 Å². The fourth-order valence-electron chi connectivity index (χ4n) is 2.35. The Balaban J connectivity index is 1.52. The third-order valence-electron chi connectivity index (χ3n) is 3.71. The Hall–Kier alpha value is -2.45. The van der Waals surface area contributed by atoms with E-state index in [2.05, 4.69) is 33.2 Å². The summed E-state index contributed by atoms with van der Waals surface area (Å²) in [6.45, 7) is 0.512. The summed E-state index contributed by atoms with van der Waals surface area (Å²) in [6.07, 6.45) is 0. The Morgan fingerprint density at radius 2 is 1.59 bits per heavy atom. The quantitative estimate of drug-likeness (QED) is 0.392. The Kier molecular flexibility index (Phi) is 6.78. The molecule has 0 unspecified atom stereocenters. The molecule has 0 fully saturated rings. The molecule has 136 valence electrons. The maximum absolute atomic E-state index is 12.3. The van der Waals surface area contributed by atoms with Crippen LogP contribution in [0.3, 0.4) is 0 Å². The van der Waals surface area contributed by atoms with Crippen LogP contribution in [-0.2, 0) is 6.61 Å². The second-order valence-corrected chi connectivity index (χ2v) is 7.26. The number of anilines is 1. The van der Waals surface area contributed by atoms with E-state index in [1.54, 1.807) is 6.07 Å². The van der Waals surface area contributed by atoms with Gasteiger partial charge in [0.2, 0.25) is 0 Å². The van der Waals surface area contributed by atoms with E-state index in [0.29, 0.717) is 12.2 Å². The molecule has 2 N–H and O–H groups in total. The minimum Gasteiger partial charge on any atom is -0.489 e. The van der Waals surface area contributed by atoms with Crippen LogP contribution in [0, 0.1) is 3.57 Å². The highest BCUT2D eigenvalue weighted by Gasteiger charge is 2.10. The summed E-state index contributed by atoms with van der Waals surface area (Å²) in [6, 6.07) is 24.7. The SMILES string of the molecule is O=C(NC(=S)Nc1ccc(OCc2ccccc2)cc1)c1ccccc1I. The standard InChI is InChI=1S/C21H17IN2O2S/c22-19-9-5-4-8-18(19)20(25)24-21(27)23-16-10-12-17(13-11-16)26-14-15-6-2-1-3-7-15/h1-13H,14H2,(H2,23,24,25,27). The van der Waals surface area contributed by atoms with Gasteiger partial charge in [-0.1, -0.05) is 42.5 Å². The van der Waals surface area contributed by atoms with Crippen molar-refractivity contribution in [3.8, 4) is 5.75 Å². The first-order valence-corrected chi connectivity index (χ1v) is 9.74. The van der Waals surface area contributed by atoms with Crippen LogP contribution in [0.2, 0.25) is 0 Å². The summed E-state index contributed by atoms with van der Waals surface area (Å²) in [4.78, 5) is 12.3. The van der Waals surface area contributed by atoms with Crippen LogP contribution in [0.25, 0.3) is 0 Å². The lowest BCUT2D eigenvalue weighted by molar-refractivity contribution is 0.0977. The van der Waals surface area contributed by atoms with E-state index in [1.165, 1.54) is 0 Å². The Morgan fingerprint density at radius 1 is 0.926 bits per heavy atom. The zero-order valence-corrected chi connectivity index (χ0v) is 17.3. The first-order chi connectivity index (χ1) is 13.1. The molecule has 3 rings (SSSR count). The molecule has 0 saturated heterocycles. The number of halogens is 1. The normalized spacial score (nSPS) is 10.1. The summed E-state index contributed by atoms with van der Waals surface area (Å²) in [5.41, 5.74) is 2.47. The van der Waals surface area contributed by atoms with Gasteiger partial charge in [-0.2, -0.15) is 0 Å². The van der Waals surface area contributed by atoms with Gasteiger partial charge in [-0.15, -0.1) is 0 Å². The molecule has 0 radical (unpaired) electrons. The van der Waals surface area contributed by atoms with Crippen LogP contribution in [0.5, 0.6) is 5.75 Å². The number of nitrogens with one attached hydrogen (secondary N) is 2. The topological polar surface area (TPSA) is 50.4 Å². The minimum atomic E-state index is -0.236. The van der Waals surface area contributed by atoms with Crippen LogP contribution in [0.1, 0.15) is 15.9 Å². The molecule has 4 nitrogen and oxygen atoms in total. The summed E-state index contributed by atoms with van der Waals surface area (Å²) < 4.78 is 6.63. The fraction of sp³-hybridized carbons (Fsp3) is 0.0476. The van der Waals surface area contributed by atoms with Crippen molar-refractivity contribution < 1.29 is 9.53 Å². The van der Waals surface area contributed by atoms with Crippen molar-refractivity contribution in [3.05, 3.63) is 93.6 Å². The molecule has 27 heavy (non-hydrogen) atoms. The van der Waals surface area contributed by atoms with Crippen LogP contribution in [0.4, 0.5) is 5.69 Å². The van der Waals surface area contributed by atoms with Crippen LogP contribution < -0.4 is 15.4 Å². The van der Waals surface area contributed by atoms with Crippen molar-refractivity contribution in [3.63, 3.8) is 0 Å². The third kappa shape index (κ3) is 5.77. The molecule has 0 atom stereocenters. The molecular formula is C21H17IN2O2S.